The molecule has 1 aliphatic heterocycles. The SMILES string of the molecule is CC1(CNC(C2CC2)C2CC2)CCCN(C(=O)OC(C)(C)C)C1. The fraction of sp³-hybridized carbons (Fsp3) is 0.947. The first-order valence-corrected chi connectivity index (χ1v) is 9.47. The summed E-state index contributed by atoms with van der Waals surface area (Å²) in [7, 11) is 0. The van der Waals surface area contributed by atoms with Gasteiger partial charge in [-0.2, -0.15) is 0 Å². The van der Waals surface area contributed by atoms with Crippen LogP contribution in [0.25, 0.3) is 0 Å². The maximum Gasteiger partial charge on any atom is 0.410 e. The fourth-order valence-electron chi connectivity index (χ4n) is 3.94. The van der Waals surface area contributed by atoms with Gasteiger partial charge in [-0.05, 0) is 76.5 Å². The first-order chi connectivity index (χ1) is 10.8. The number of carbonyl (C=O) groups is 1. The van der Waals surface area contributed by atoms with Crippen LogP contribution in [-0.4, -0.2) is 42.3 Å². The van der Waals surface area contributed by atoms with Gasteiger partial charge in [0, 0.05) is 25.7 Å². The Kier molecular flexibility index (Phi) is 4.65. The number of hydrogen-bond acceptors (Lipinski definition) is 3. The minimum Gasteiger partial charge on any atom is -0.444 e. The quantitative estimate of drug-likeness (QED) is 0.837. The van der Waals surface area contributed by atoms with E-state index in [0.717, 1.165) is 43.9 Å². The van der Waals surface area contributed by atoms with E-state index in [1.807, 2.05) is 25.7 Å². The summed E-state index contributed by atoms with van der Waals surface area (Å²) in [5.74, 6) is 1.85. The van der Waals surface area contributed by atoms with E-state index in [1.54, 1.807) is 0 Å². The van der Waals surface area contributed by atoms with Gasteiger partial charge < -0.3 is 15.0 Å². The predicted molar refractivity (Wildman–Crippen MR) is 92.4 cm³/mol. The fourth-order valence-corrected chi connectivity index (χ4v) is 3.94. The summed E-state index contributed by atoms with van der Waals surface area (Å²) in [6, 6.07) is 0.740. The maximum absolute atomic E-state index is 12.4. The monoisotopic (exact) mass is 322 g/mol. The Bertz CT molecular complexity index is 425. The Labute approximate surface area is 141 Å². The highest BCUT2D eigenvalue weighted by Crippen LogP contribution is 2.45. The summed E-state index contributed by atoms with van der Waals surface area (Å²) in [6.07, 6.45) is 7.77. The summed E-state index contributed by atoms with van der Waals surface area (Å²) < 4.78 is 5.56. The number of carbonyl (C=O) groups excluding carboxylic acids is 1. The zero-order valence-corrected chi connectivity index (χ0v) is 15.4. The molecule has 0 aromatic carbocycles. The van der Waals surface area contributed by atoms with Crippen LogP contribution in [0.5, 0.6) is 0 Å². The van der Waals surface area contributed by atoms with Crippen LogP contribution in [0.3, 0.4) is 0 Å². The Morgan fingerprint density at radius 2 is 1.87 bits per heavy atom. The van der Waals surface area contributed by atoms with Crippen molar-refractivity contribution in [3.8, 4) is 0 Å². The second-order valence-corrected chi connectivity index (χ2v) is 9.40. The van der Waals surface area contributed by atoms with Gasteiger partial charge in [0.05, 0.1) is 0 Å². The van der Waals surface area contributed by atoms with Gasteiger partial charge in [0.2, 0.25) is 0 Å². The molecule has 0 radical (unpaired) electrons. The second-order valence-electron chi connectivity index (χ2n) is 9.40. The first-order valence-electron chi connectivity index (χ1n) is 9.47. The van der Waals surface area contributed by atoms with E-state index in [1.165, 1.54) is 32.1 Å². The standard InChI is InChI=1S/C19H34N2O2/c1-18(2,3)23-17(22)21-11-5-10-19(4,13-21)12-20-16(14-6-7-14)15-8-9-15/h14-16,20H,5-13H2,1-4H3. The lowest BCUT2D eigenvalue weighted by Gasteiger charge is -2.41. The summed E-state index contributed by atoms with van der Waals surface area (Å²) in [4.78, 5) is 14.3. The molecule has 23 heavy (non-hydrogen) atoms. The van der Waals surface area contributed by atoms with Gasteiger partial charge in [-0.25, -0.2) is 4.79 Å². The van der Waals surface area contributed by atoms with E-state index in [9.17, 15) is 4.79 Å². The Morgan fingerprint density at radius 3 is 2.39 bits per heavy atom. The third-order valence-electron chi connectivity index (χ3n) is 5.46. The molecular weight excluding hydrogens is 288 g/mol. The van der Waals surface area contributed by atoms with Gasteiger partial charge in [0.25, 0.3) is 0 Å². The van der Waals surface area contributed by atoms with Crippen LogP contribution < -0.4 is 5.32 Å². The van der Waals surface area contributed by atoms with Crippen LogP contribution in [0.4, 0.5) is 4.79 Å². The van der Waals surface area contributed by atoms with Crippen molar-refractivity contribution < 1.29 is 9.53 Å². The summed E-state index contributed by atoms with van der Waals surface area (Å²) in [5.41, 5.74) is -0.233. The Balaban J connectivity index is 1.52. The maximum atomic E-state index is 12.4. The normalized spacial score (nSPS) is 29.0. The Hall–Kier alpha value is -0.770. The molecule has 1 unspecified atom stereocenters. The van der Waals surface area contributed by atoms with E-state index < -0.39 is 5.60 Å². The molecule has 3 aliphatic rings. The zero-order chi connectivity index (χ0) is 16.7. The number of rotatable bonds is 5. The average molecular weight is 322 g/mol. The van der Waals surface area contributed by atoms with E-state index in [4.69, 9.17) is 4.74 Å². The van der Waals surface area contributed by atoms with Gasteiger partial charge in [0.15, 0.2) is 0 Å². The van der Waals surface area contributed by atoms with Crippen molar-refractivity contribution in [2.24, 2.45) is 17.3 Å². The van der Waals surface area contributed by atoms with Crippen molar-refractivity contribution in [1.29, 1.82) is 0 Å². The molecule has 1 amide bonds. The predicted octanol–water partition coefficient (Wildman–Crippen LogP) is 3.80. The molecule has 0 spiro atoms. The summed E-state index contributed by atoms with van der Waals surface area (Å²) in [6.45, 7) is 10.8. The van der Waals surface area contributed by atoms with Gasteiger partial charge in [-0.15, -0.1) is 0 Å². The molecule has 2 saturated carbocycles. The van der Waals surface area contributed by atoms with Crippen molar-refractivity contribution in [1.82, 2.24) is 10.2 Å². The number of nitrogens with one attached hydrogen (secondary N) is 1. The van der Waals surface area contributed by atoms with Crippen LogP contribution >= 0.6 is 0 Å². The lowest BCUT2D eigenvalue weighted by Crippen LogP contribution is -2.51. The van der Waals surface area contributed by atoms with Gasteiger partial charge in [-0.3, -0.25) is 0 Å². The van der Waals surface area contributed by atoms with E-state index in [2.05, 4.69) is 12.2 Å². The number of likely N-dealkylation sites (tertiary alicyclic amines) is 1. The lowest BCUT2D eigenvalue weighted by atomic mass is 9.81. The minimum atomic E-state index is -0.410. The molecule has 1 saturated heterocycles. The number of nitrogens with zero attached hydrogens (tertiary/aromatic N) is 1. The molecule has 2 aliphatic carbocycles. The molecule has 1 N–H and O–H groups in total. The molecule has 1 heterocycles. The molecule has 4 heteroatoms. The number of amides is 1. The van der Waals surface area contributed by atoms with Crippen molar-refractivity contribution in [3.05, 3.63) is 0 Å². The molecule has 1 atom stereocenters. The molecule has 132 valence electrons. The van der Waals surface area contributed by atoms with Crippen molar-refractivity contribution in [3.63, 3.8) is 0 Å². The lowest BCUT2D eigenvalue weighted by molar-refractivity contribution is 0.00627. The molecule has 3 fully saturated rings. The number of piperidine rings is 1. The van der Waals surface area contributed by atoms with Crippen LogP contribution in [0.2, 0.25) is 0 Å². The summed E-state index contributed by atoms with van der Waals surface area (Å²) >= 11 is 0. The van der Waals surface area contributed by atoms with Crippen molar-refractivity contribution in [2.75, 3.05) is 19.6 Å². The summed E-state index contributed by atoms with van der Waals surface area (Å²) in [5, 5.41) is 3.88. The van der Waals surface area contributed by atoms with E-state index in [0.29, 0.717) is 0 Å². The van der Waals surface area contributed by atoms with Crippen LogP contribution in [0.15, 0.2) is 0 Å². The van der Waals surface area contributed by atoms with E-state index in [-0.39, 0.29) is 11.5 Å². The average Bonchev–Trinajstić information content (AvgIpc) is 3.31. The van der Waals surface area contributed by atoms with Gasteiger partial charge in [0.1, 0.15) is 5.60 Å². The minimum absolute atomic E-state index is 0.149. The highest BCUT2D eigenvalue weighted by molar-refractivity contribution is 5.68. The zero-order valence-electron chi connectivity index (χ0n) is 15.4. The third-order valence-corrected chi connectivity index (χ3v) is 5.46. The van der Waals surface area contributed by atoms with Crippen LogP contribution in [-0.2, 0) is 4.74 Å². The second kappa shape index (κ2) is 6.27. The number of ether oxygens (including phenoxy) is 1. The molecule has 0 bridgehead atoms. The molecule has 4 nitrogen and oxygen atoms in total. The highest BCUT2D eigenvalue weighted by atomic mass is 16.6. The Morgan fingerprint density at radius 1 is 1.26 bits per heavy atom. The topological polar surface area (TPSA) is 41.6 Å². The largest absolute Gasteiger partial charge is 0.444 e. The molecule has 3 rings (SSSR count). The molecule has 0 aromatic heterocycles. The number of hydrogen-bond donors (Lipinski definition) is 1. The van der Waals surface area contributed by atoms with Crippen LogP contribution in [0, 0.1) is 17.3 Å². The molecule has 0 aromatic rings. The first kappa shape index (κ1) is 17.1. The third kappa shape index (κ3) is 4.85. The highest BCUT2D eigenvalue weighted by Gasteiger charge is 2.43. The smallest absolute Gasteiger partial charge is 0.410 e. The van der Waals surface area contributed by atoms with Crippen molar-refractivity contribution >= 4 is 6.09 Å². The van der Waals surface area contributed by atoms with Crippen molar-refractivity contribution in [2.45, 2.75) is 77.9 Å². The molecular formula is C19H34N2O2. The van der Waals surface area contributed by atoms with Gasteiger partial charge >= 0.3 is 6.09 Å². The van der Waals surface area contributed by atoms with E-state index >= 15 is 0 Å². The van der Waals surface area contributed by atoms with Crippen LogP contribution in [0.1, 0.15) is 66.2 Å². The van der Waals surface area contributed by atoms with Gasteiger partial charge in [-0.1, -0.05) is 6.92 Å².